The molecule has 0 fully saturated rings. The molecule has 0 amide bonds. The Hall–Kier alpha value is -4.38. The third-order valence-corrected chi connectivity index (χ3v) is 7.58. The molecule has 5 nitrogen and oxygen atoms in total. The molecule has 5 rings (SSSR count). The number of rotatable bonds is 9. The highest BCUT2D eigenvalue weighted by Gasteiger charge is 2.44. The van der Waals surface area contributed by atoms with Gasteiger partial charge in [-0.05, 0) is 65.6 Å². The Kier molecular flexibility index (Phi) is 6.77. The number of nitrogens with zero attached hydrogens (tertiary/aromatic N) is 1. The van der Waals surface area contributed by atoms with Gasteiger partial charge in [-0.25, -0.2) is 4.79 Å². The Labute approximate surface area is 222 Å². The van der Waals surface area contributed by atoms with Crippen molar-refractivity contribution in [2.75, 3.05) is 0 Å². The first-order valence-electron chi connectivity index (χ1n) is 12.8. The maximum atomic E-state index is 13.4. The fourth-order valence-corrected chi connectivity index (χ4v) is 5.81. The second kappa shape index (κ2) is 10.2. The summed E-state index contributed by atoms with van der Waals surface area (Å²) in [5.41, 5.74) is 6.86. The zero-order valence-electron chi connectivity index (χ0n) is 21.5. The van der Waals surface area contributed by atoms with Crippen LogP contribution >= 0.6 is 0 Å². The first-order valence-corrected chi connectivity index (χ1v) is 12.8. The van der Waals surface area contributed by atoms with Crippen LogP contribution in [0.25, 0.3) is 11.1 Å². The van der Waals surface area contributed by atoms with Crippen LogP contribution in [-0.2, 0) is 21.5 Å². The van der Waals surface area contributed by atoms with E-state index in [0.717, 1.165) is 53.5 Å². The van der Waals surface area contributed by atoms with Gasteiger partial charge in [-0.15, -0.1) is 13.2 Å². The van der Waals surface area contributed by atoms with Gasteiger partial charge in [0.25, 0.3) is 0 Å². The van der Waals surface area contributed by atoms with Crippen molar-refractivity contribution in [1.29, 1.82) is 0 Å². The van der Waals surface area contributed by atoms with Gasteiger partial charge in [-0.1, -0.05) is 65.8 Å². The van der Waals surface area contributed by atoms with Crippen molar-refractivity contribution in [2.45, 2.75) is 44.4 Å². The minimum Gasteiger partial charge on any atom is -0.318 e. The van der Waals surface area contributed by atoms with E-state index in [4.69, 9.17) is 4.84 Å². The lowest BCUT2D eigenvalue weighted by Gasteiger charge is -2.32. The molecule has 0 saturated carbocycles. The van der Waals surface area contributed by atoms with Gasteiger partial charge in [0.2, 0.25) is 5.78 Å². The van der Waals surface area contributed by atoms with E-state index in [1.165, 1.54) is 6.92 Å². The smallest absolute Gasteiger partial charge is 0.318 e. The maximum absolute atomic E-state index is 13.4. The zero-order valence-corrected chi connectivity index (χ0v) is 21.5. The minimum atomic E-state index is -0.564. The Bertz CT molecular complexity index is 1500. The van der Waals surface area contributed by atoms with Crippen LogP contribution in [0.1, 0.15) is 75.6 Å². The van der Waals surface area contributed by atoms with Gasteiger partial charge in [0.05, 0.1) is 0 Å². The summed E-state index contributed by atoms with van der Waals surface area (Å²) >= 11 is 0. The number of benzene rings is 3. The molecule has 0 radical (unpaired) electrons. The fourth-order valence-electron chi connectivity index (χ4n) is 5.81. The zero-order chi connectivity index (χ0) is 26.9. The van der Waals surface area contributed by atoms with Crippen LogP contribution in [0.4, 0.5) is 0 Å². The summed E-state index contributed by atoms with van der Waals surface area (Å²) in [5.74, 6) is -0.808. The van der Waals surface area contributed by atoms with Crippen LogP contribution in [0.5, 0.6) is 0 Å². The highest BCUT2D eigenvalue weighted by atomic mass is 16.7. The van der Waals surface area contributed by atoms with Crippen LogP contribution in [-0.4, -0.2) is 23.2 Å². The molecule has 3 aromatic carbocycles. The van der Waals surface area contributed by atoms with Crippen molar-refractivity contribution in [1.82, 2.24) is 0 Å². The number of carbonyl (C=O) groups excluding carboxylic acids is 3. The lowest BCUT2D eigenvalue weighted by molar-refractivity contribution is -0.140. The molecular formula is C33H29NO4. The predicted molar refractivity (Wildman–Crippen MR) is 149 cm³/mol. The van der Waals surface area contributed by atoms with Crippen LogP contribution in [0.2, 0.25) is 0 Å². The standard InChI is InChI=1S/C33H29NO4/c1-4-6-15-33(16-7-5-2)28-17-23(31(36)22-11-9-8-10-12-22)13-14-25(28)27-20-26-24(18-29(27)33)19-30(32(26)37)34-38-21(3)35/h4-5,8-14,17-18,20H,1-2,6-7,15-16,19H2,3H3/b34-30-. The molecule has 0 bridgehead atoms. The lowest BCUT2D eigenvalue weighted by Crippen LogP contribution is -2.25. The number of Topliss-reactive ketones (excluding diaryl/α,β-unsaturated/α-hetero) is 1. The van der Waals surface area contributed by atoms with Gasteiger partial charge in [-0.2, -0.15) is 0 Å². The van der Waals surface area contributed by atoms with Gasteiger partial charge in [0.15, 0.2) is 5.78 Å². The van der Waals surface area contributed by atoms with E-state index in [1.807, 2.05) is 66.7 Å². The summed E-state index contributed by atoms with van der Waals surface area (Å²) in [6.45, 7) is 9.19. The number of allylic oxidation sites excluding steroid dienone is 2. The van der Waals surface area contributed by atoms with E-state index >= 15 is 0 Å². The number of fused-ring (bicyclic) bond motifs is 4. The first kappa shape index (κ1) is 25.3. The van der Waals surface area contributed by atoms with Gasteiger partial charge < -0.3 is 4.84 Å². The van der Waals surface area contributed by atoms with Gasteiger partial charge in [-0.3, -0.25) is 9.59 Å². The Balaban J connectivity index is 1.68. The topological polar surface area (TPSA) is 72.8 Å². The van der Waals surface area contributed by atoms with Crippen molar-refractivity contribution in [2.24, 2.45) is 5.16 Å². The summed E-state index contributed by atoms with van der Waals surface area (Å²) in [5, 5.41) is 3.81. The molecule has 0 aromatic heterocycles. The normalized spacial score (nSPS) is 15.5. The van der Waals surface area contributed by atoms with Crippen molar-refractivity contribution >= 4 is 23.2 Å². The van der Waals surface area contributed by atoms with Crippen LogP contribution in [0, 0.1) is 0 Å². The molecule has 0 spiro atoms. The molecule has 0 heterocycles. The van der Waals surface area contributed by atoms with Gasteiger partial charge >= 0.3 is 5.97 Å². The average Bonchev–Trinajstić information content (AvgIpc) is 3.39. The molecule has 0 aliphatic heterocycles. The van der Waals surface area contributed by atoms with Gasteiger partial charge in [0, 0.05) is 35.4 Å². The molecule has 190 valence electrons. The highest BCUT2D eigenvalue weighted by molar-refractivity contribution is 6.49. The monoisotopic (exact) mass is 503 g/mol. The van der Waals surface area contributed by atoms with Crippen molar-refractivity contribution in [3.63, 3.8) is 0 Å². The molecule has 3 aromatic rings. The molecule has 5 heteroatoms. The van der Waals surface area contributed by atoms with Crippen molar-refractivity contribution in [3.05, 3.63) is 119 Å². The third kappa shape index (κ3) is 4.24. The Morgan fingerprint density at radius 1 is 0.895 bits per heavy atom. The van der Waals surface area contributed by atoms with Crippen LogP contribution in [0.15, 0.2) is 91.1 Å². The second-order valence-corrected chi connectivity index (χ2v) is 9.87. The second-order valence-electron chi connectivity index (χ2n) is 9.87. The number of ketones is 2. The number of hydrogen-bond acceptors (Lipinski definition) is 5. The molecule has 0 unspecified atom stereocenters. The Morgan fingerprint density at radius 3 is 2.24 bits per heavy atom. The summed E-state index contributed by atoms with van der Waals surface area (Å²) in [4.78, 5) is 42.5. The summed E-state index contributed by atoms with van der Waals surface area (Å²) in [6.07, 6.45) is 7.37. The van der Waals surface area contributed by atoms with E-state index in [9.17, 15) is 14.4 Å². The maximum Gasteiger partial charge on any atom is 0.331 e. The summed E-state index contributed by atoms with van der Waals surface area (Å²) in [6, 6.07) is 19.3. The van der Waals surface area contributed by atoms with E-state index < -0.39 is 5.97 Å². The molecule has 38 heavy (non-hydrogen) atoms. The fraction of sp³-hybridized carbons (Fsp3) is 0.212. The average molecular weight is 504 g/mol. The van der Waals surface area contributed by atoms with E-state index in [2.05, 4.69) is 24.4 Å². The quantitative estimate of drug-likeness (QED) is 0.140. The Morgan fingerprint density at radius 2 is 1.58 bits per heavy atom. The SMILES string of the molecule is C=CCCC1(CCC=C)c2cc(C(=O)c3ccccc3)ccc2-c2cc3c(cc21)C/C(=N/OC(C)=O)C3=O. The lowest BCUT2D eigenvalue weighted by atomic mass is 9.70. The van der Waals surface area contributed by atoms with Crippen LogP contribution < -0.4 is 0 Å². The molecule has 0 saturated heterocycles. The van der Waals surface area contributed by atoms with E-state index in [-0.39, 0.29) is 22.7 Å². The first-order chi connectivity index (χ1) is 18.4. The van der Waals surface area contributed by atoms with Crippen LogP contribution in [0.3, 0.4) is 0 Å². The predicted octanol–water partition coefficient (Wildman–Crippen LogP) is 6.77. The summed E-state index contributed by atoms with van der Waals surface area (Å²) < 4.78 is 0. The number of oxime groups is 1. The largest absolute Gasteiger partial charge is 0.331 e. The van der Waals surface area contributed by atoms with Gasteiger partial charge in [0.1, 0.15) is 5.71 Å². The summed E-state index contributed by atoms with van der Waals surface area (Å²) in [7, 11) is 0. The van der Waals surface area contributed by atoms with E-state index in [0.29, 0.717) is 23.1 Å². The highest BCUT2D eigenvalue weighted by Crippen LogP contribution is 2.55. The third-order valence-electron chi connectivity index (χ3n) is 7.58. The van der Waals surface area contributed by atoms with Crippen molar-refractivity contribution < 1.29 is 19.2 Å². The number of carbonyl (C=O) groups is 3. The number of hydrogen-bond donors (Lipinski definition) is 0. The molecule has 2 aliphatic rings. The molecule has 0 N–H and O–H groups in total. The molecular weight excluding hydrogens is 474 g/mol. The van der Waals surface area contributed by atoms with Crippen molar-refractivity contribution in [3.8, 4) is 11.1 Å². The minimum absolute atomic E-state index is 0.0188. The molecule has 0 atom stereocenters. The molecule has 2 aliphatic carbocycles. The van der Waals surface area contributed by atoms with E-state index in [1.54, 1.807) is 0 Å².